The van der Waals surface area contributed by atoms with Gasteiger partial charge in [0, 0.05) is 25.2 Å². The summed E-state index contributed by atoms with van der Waals surface area (Å²) in [5.74, 6) is -0.339. The van der Waals surface area contributed by atoms with E-state index < -0.39 is 0 Å². The van der Waals surface area contributed by atoms with Crippen molar-refractivity contribution in [2.45, 2.75) is 25.9 Å². The van der Waals surface area contributed by atoms with Crippen LogP contribution in [0.25, 0.3) is 0 Å². The first-order valence-corrected chi connectivity index (χ1v) is 7.14. The molecular weight excluding hydrogens is 280 g/mol. The van der Waals surface area contributed by atoms with Gasteiger partial charge in [-0.1, -0.05) is 12.1 Å². The first kappa shape index (κ1) is 14.3. The van der Waals surface area contributed by atoms with Gasteiger partial charge >= 0.3 is 0 Å². The van der Waals surface area contributed by atoms with Crippen LogP contribution >= 0.6 is 0 Å². The summed E-state index contributed by atoms with van der Waals surface area (Å²) in [4.78, 5) is 32.6. The number of amides is 2. The quantitative estimate of drug-likeness (QED) is 0.783. The zero-order chi connectivity index (χ0) is 15.4. The summed E-state index contributed by atoms with van der Waals surface area (Å²) in [6, 6.07) is 11.2. The molecule has 22 heavy (non-hydrogen) atoms. The monoisotopic (exact) mass is 296 g/mol. The second-order valence-corrected chi connectivity index (χ2v) is 5.06. The molecule has 3 rings (SSSR count). The Balaban J connectivity index is 1.85. The lowest BCUT2D eigenvalue weighted by Crippen LogP contribution is -2.45. The predicted molar refractivity (Wildman–Crippen MR) is 78.8 cm³/mol. The summed E-state index contributed by atoms with van der Waals surface area (Å²) in [6.07, 6.45) is 3.92. The molecule has 0 radical (unpaired) electrons. The van der Waals surface area contributed by atoms with Crippen molar-refractivity contribution in [3.05, 3.63) is 60.2 Å². The minimum absolute atomic E-state index is 0.170. The van der Waals surface area contributed by atoms with Crippen molar-refractivity contribution in [3.8, 4) is 0 Å². The second kappa shape index (κ2) is 6.44. The molecule has 3 heterocycles. The van der Waals surface area contributed by atoms with Gasteiger partial charge in [-0.05, 0) is 24.3 Å². The van der Waals surface area contributed by atoms with Gasteiger partial charge in [0.1, 0.15) is 0 Å². The van der Waals surface area contributed by atoms with Crippen LogP contribution in [0, 0.1) is 0 Å². The Morgan fingerprint density at radius 2 is 1.36 bits per heavy atom. The molecule has 0 bridgehead atoms. The Kier molecular flexibility index (Phi) is 4.20. The Hall–Kier alpha value is -2.60. The lowest BCUT2D eigenvalue weighted by molar-refractivity contribution is -0.159. The van der Waals surface area contributed by atoms with Crippen molar-refractivity contribution in [1.82, 2.24) is 20.0 Å². The molecule has 0 saturated carbocycles. The van der Waals surface area contributed by atoms with Gasteiger partial charge in [0.15, 0.2) is 0 Å². The minimum Gasteiger partial charge on any atom is -0.273 e. The number of carbonyl (C=O) groups excluding carboxylic acids is 2. The average molecular weight is 296 g/mol. The maximum Gasteiger partial charge on any atom is 0.244 e. The number of nitrogens with zero attached hydrogens (tertiary/aromatic N) is 4. The molecule has 0 aromatic carbocycles. The standard InChI is InChI=1S/C16H16N4O2/c21-15-7-8-16(22)20(15)19(11-13-5-1-3-9-17-13)12-14-6-2-4-10-18-14/h1-6,9-10H,7-8,11-12H2. The molecule has 1 saturated heterocycles. The molecule has 0 aliphatic carbocycles. The van der Waals surface area contributed by atoms with Gasteiger partial charge in [0.25, 0.3) is 0 Å². The van der Waals surface area contributed by atoms with Gasteiger partial charge < -0.3 is 0 Å². The third-order valence-electron chi connectivity index (χ3n) is 3.45. The SMILES string of the molecule is O=C1CCC(=O)N1N(Cc1ccccn1)Cc1ccccn1. The van der Waals surface area contributed by atoms with Gasteiger partial charge in [-0.15, -0.1) is 0 Å². The van der Waals surface area contributed by atoms with Crippen LogP contribution < -0.4 is 0 Å². The Morgan fingerprint density at radius 1 is 0.864 bits per heavy atom. The molecule has 2 aromatic rings. The van der Waals surface area contributed by atoms with E-state index in [-0.39, 0.29) is 24.7 Å². The molecule has 0 unspecified atom stereocenters. The van der Waals surface area contributed by atoms with Gasteiger partial charge in [-0.3, -0.25) is 19.6 Å². The van der Waals surface area contributed by atoms with Crippen LogP contribution in [0.1, 0.15) is 24.2 Å². The maximum absolute atomic E-state index is 12.0. The summed E-state index contributed by atoms with van der Waals surface area (Å²) >= 11 is 0. The third kappa shape index (κ3) is 3.17. The number of imide groups is 1. The molecule has 0 atom stereocenters. The lowest BCUT2D eigenvalue weighted by Gasteiger charge is -2.29. The smallest absolute Gasteiger partial charge is 0.244 e. The highest BCUT2D eigenvalue weighted by Gasteiger charge is 2.34. The number of aromatic nitrogens is 2. The fraction of sp³-hybridized carbons (Fsp3) is 0.250. The van der Waals surface area contributed by atoms with Crippen LogP contribution in [0.5, 0.6) is 0 Å². The zero-order valence-electron chi connectivity index (χ0n) is 12.1. The second-order valence-electron chi connectivity index (χ2n) is 5.06. The number of rotatable bonds is 5. The van der Waals surface area contributed by atoms with Crippen molar-refractivity contribution in [2.24, 2.45) is 0 Å². The number of hydrogen-bond acceptors (Lipinski definition) is 5. The molecule has 1 fully saturated rings. The van der Waals surface area contributed by atoms with Crippen molar-refractivity contribution in [2.75, 3.05) is 0 Å². The van der Waals surface area contributed by atoms with Crippen LogP contribution in [0.15, 0.2) is 48.8 Å². The summed E-state index contributed by atoms with van der Waals surface area (Å²) in [6.45, 7) is 0.768. The van der Waals surface area contributed by atoms with Gasteiger partial charge in [-0.25, -0.2) is 5.01 Å². The lowest BCUT2D eigenvalue weighted by atomic mass is 10.3. The highest BCUT2D eigenvalue weighted by atomic mass is 16.2. The number of carbonyl (C=O) groups is 2. The molecule has 1 aliphatic heterocycles. The highest BCUT2D eigenvalue weighted by Crippen LogP contribution is 2.18. The van der Waals surface area contributed by atoms with Crippen LogP contribution in [-0.4, -0.2) is 31.8 Å². The fourth-order valence-electron chi connectivity index (χ4n) is 2.43. The third-order valence-corrected chi connectivity index (χ3v) is 3.45. The van der Waals surface area contributed by atoms with E-state index >= 15 is 0 Å². The Labute approximate surface area is 128 Å². The summed E-state index contributed by atoms with van der Waals surface area (Å²) < 4.78 is 0. The summed E-state index contributed by atoms with van der Waals surface area (Å²) in [5, 5.41) is 2.95. The molecule has 0 N–H and O–H groups in total. The van der Waals surface area contributed by atoms with Crippen LogP contribution in [0.4, 0.5) is 0 Å². The average Bonchev–Trinajstić information content (AvgIpc) is 2.88. The van der Waals surface area contributed by atoms with Crippen molar-refractivity contribution in [3.63, 3.8) is 0 Å². The van der Waals surface area contributed by atoms with E-state index in [1.165, 1.54) is 5.01 Å². The minimum atomic E-state index is -0.170. The van der Waals surface area contributed by atoms with E-state index in [2.05, 4.69) is 9.97 Å². The summed E-state index contributed by atoms with van der Waals surface area (Å²) in [7, 11) is 0. The topological polar surface area (TPSA) is 66.4 Å². The van der Waals surface area contributed by atoms with E-state index in [1.54, 1.807) is 17.4 Å². The first-order chi connectivity index (χ1) is 10.7. The highest BCUT2D eigenvalue weighted by molar-refractivity contribution is 6.01. The van der Waals surface area contributed by atoms with E-state index in [9.17, 15) is 9.59 Å². The summed E-state index contributed by atoms with van der Waals surface area (Å²) in [5.41, 5.74) is 1.59. The van der Waals surface area contributed by atoms with E-state index in [0.29, 0.717) is 13.1 Å². The van der Waals surface area contributed by atoms with Crippen LogP contribution in [-0.2, 0) is 22.7 Å². The Bertz CT molecular complexity index is 603. The van der Waals surface area contributed by atoms with Crippen LogP contribution in [0.3, 0.4) is 0 Å². The number of hydrogen-bond donors (Lipinski definition) is 0. The molecule has 2 amide bonds. The normalized spacial score (nSPS) is 14.9. The molecule has 112 valence electrons. The van der Waals surface area contributed by atoms with E-state index in [1.807, 2.05) is 36.4 Å². The molecular formula is C16H16N4O2. The van der Waals surface area contributed by atoms with Gasteiger partial charge in [0.2, 0.25) is 11.8 Å². The first-order valence-electron chi connectivity index (χ1n) is 7.14. The van der Waals surface area contributed by atoms with Gasteiger partial charge in [-0.2, -0.15) is 5.01 Å². The van der Waals surface area contributed by atoms with E-state index in [4.69, 9.17) is 0 Å². The van der Waals surface area contributed by atoms with E-state index in [0.717, 1.165) is 11.4 Å². The van der Waals surface area contributed by atoms with Crippen molar-refractivity contribution in [1.29, 1.82) is 0 Å². The predicted octanol–water partition coefficient (Wildman–Crippen LogP) is 1.54. The molecule has 6 heteroatoms. The molecule has 0 spiro atoms. The number of pyridine rings is 2. The Morgan fingerprint density at radius 3 is 1.77 bits per heavy atom. The van der Waals surface area contributed by atoms with Crippen molar-refractivity contribution < 1.29 is 9.59 Å². The number of hydrazine groups is 1. The largest absolute Gasteiger partial charge is 0.273 e. The fourth-order valence-corrected chi connectivity index (χ4v) is 2.43. The molecule has 2 aromatic heterocycles. The zero-order valence-corrected chi connectivity index (χ0v) is 12.1. The van der Waals surface area contributed by atoms with Crippen molar-refractivity contribution >= 4 is 11.8 Å². The maximum atomic E-state index is 12.0. The molecule has 6 nitrogen and oxygen atoms in total. The molecule has 1 aliphatic rings. The van der Waals surface area contributed by atoms with Gasteiger partial charge in [0.05, 0.1) is 24.5 Å². The van der Waals surface area contributed by atoms with Crippen LogP contribution in [0.2, 0.25) is 0 Å².